The van der Waals surface area contributed by atoms with Gasteiger partial charge >= 0.3 is 0 Å². The second-order valence-corrected chi connectivity index (χ2v) is 7.79. The molecule has 3 aliphatic heterocycles. The van der Waals surface area contributed by atoms with Crippen LogP contribution in [0, 0.1) is 11.8 Å². The lowest BCUT2D eigenvalue weighted by Crippen LogP contribution is -2.36. The molecule has 2 amide bonds. The summed E-state index contributed by atoms with van der Waals surface area (Å²) in [5.74, 6) is 0.206. The van der Waals surface area contributed by atoms with Gasteiger partial charge in [-0.25, -0.2) is 0 Å². The summed E-state index contributed by atoms with van der Waals surface area (Å²) in [6, 6.07) is 0. The summed E-state index contributed by atoms with van der Waals surface area (Å²) in [5, 5.41) is 4.03. The number of nitrogens with two attached hydrogens (primary N) is 1. The molecule has 1 aromatic heterocycles. The topological polar surface area (TPSA) is 112 Å². The first kappa shape index (κ1) is 15.5. The van der Waals surface area contributed by atoms with Crippen molar-refractivity contribution in [2.75, 3.05) is 6.54 Å². The quantitative estimate of drug-likeness (QED) is 0.790. The van der Waals surface area contributed by atoms with E-state index in [9.17, 15) is 9.59 Å². The molecular weight excluding hydrogens is 324 g/mol. The zero-order valence-corrected chi connectivity index (χ0v) is 14.0. The molecule has 8 nitrogen and oxygen atoms in total. The van der Waals surface area contributed by atoms with E-state index in [0.29, 0.717) is 18.1 Å². The van der Waals surface area contributed by atoms with Crippen LogP contribution in [-0.4, -0.2) is 45.6 Å². The number of rotatable bonds is 4. The number of carbonyl (C=O) groups excluding carboxylic acids is 2. The van der Waals surface area contributed by atoms with Gasteiger partial charge in [-0.2, -0.15) is 4.98 Å². The van der Waals surface area contributed by atoms with Crippen LogP contribution in [0.3, 0.4) is 0 Å². The van der Waals surface area contributed by atoms with Crippen LogP contribution in [-0.2, 0) is 26.3 Å². The maximum Gasteiger partial charge on any atom is 0.235 e. The van der Waals surface area contributed by atoms with Crippen molar-refractivity contribution in [3.8, 4) is 0 Å². The van der Waals surface area contributed by atoms with E-state index in [1.165, 1.54) is 4.90 Å². The Labute approximate surface area is 145 Å². The Bertz CT molecular complexity index is 698. The van der Waals surface area contributed by atoms with Gasteiger partial charge in [-0.1, -0.05) is 18.0 Å². The molecule has 134 valence electrons. The second-order valence-electron chi connectivity index (χ2n) is 7.79. The molecule has 0 spiro atoms. The number of amides is 2. The highest BCUT2D eigenvalue weighted by molar-refractivity contribution is 6.06. The normalized spacial score (nSPS) is 35.8. The standard InChI is InChI=1S/C17H22N4O4/c18-17(6-1-2-7-17)16-19-11(25-20-16)5-8-21-14(22)12-9-3-4-10(24-9)13(12)15(21)23/h9-10,12-13H,1-8,18H2. The average molecular weight is 346 g/mol. The van der Waals surface area contributed by atoms with Crippen LogP contribution in [0.25, 0.3) is 0 Å². The summed E-state index contributed by atoms with van der Waals surface area (Å²) in [7, 11) is 0. The van der Waals surface area contributed by atoms with Crippen LogP contribution >= 0.6 is 0 Å². The Morgan fingerprint density at radius 3 is 2.40 bits per heavy atom. The average Bonchev–Trinajstić information content (AvgIpc) is 3.37. The Kier molecular flexibility index (Phi) is 3.31. The van der Waals surface area contributed by atoms with E-state index in [2.05, 4.69) is 10.1 Å². The van der Waals surface area contributed by atoms with Gasteiger partial charge in [-0.15, -0.1) is 0 Å². The monoisotopic (exact) mass is 346 g/mol. The second kappa shape index (κ2) is 5.35. The molecule has 2 N–H and O–H groups in total. The van der Waals surface area contributed by atoms with Crippen molar-refractivity contribution in [1.29, 1.82) is 0 Å². The van der Waals surface area contributed by atoms with Crippen LogP contribution < -0.4 is 5.73 Å². The third-order valence-electron chi connectivity index (χ3n) is 6.33. The molecule has 8 heteroatoms. The molecule has 4 unspecified atom stereocenters. The van der Waals surface area contributed by atoms with Crippen molar-refractivity contribution in [1.82, 2.24) is 15.0 Å². The summed E-state index contributed by atoms with van der Waals surface area (Å²) in [6.07, 6.45) is 5.85. The van der Waals surface area contributed by atoms with Gasteiger partial charge in [0.15, 0.2) is 5.82 Å². The summed E-state index contributed by atoms with van der Waals surface area (Å²) in [6.45, 7) is 0.281. The lowest BCUT2D eigenvalue weighted by atomic mass is 9.81. The summed E-state index contributed by atoms with van der Waals surface area (Å²) in [4.78, 5) is 31.0. The zero-order chi connectivity index (χ0) is 17.2. The largest absolute Gasteiger partial charge is 0.373 e. The van der Waals surface area contributed by atoms with E-state index in [4.69, 9.17) is 15.0 Å². The fourth-order valence-electron chi connectivity index (χ4n) is 4.99. The number of hydrogen-bond donors (Lipinski definition) is 1. The molecule has 1 aliphatic carbocycles. The number of imide groups is 1. The van der Waals surface area contributed by atoms with Crippen LogP contribution in [0.2, 0.25) is 0 Å². The molecule has 4 aliphatic rings. The molecule has 1 saturated carbocycles. The molecule has 3 saturated heterocycles. The van der Waals surface area contributed by atoms with E-state index in [-0.39, 0.29) is 42.4 Å². The maximum atomic E-state index is 12.6. The SMILES string of the molecule is NC1(c2noc(CCN3C(=O)C4C5CCC(O5)C4C3=O)n2)CCCC1. The Morgan fingerprint density at radius 2 is 1.76 bits per heavy atom. The number of aromatic nitrogens is 2. The number of hydrogen-bond acceptors (Lipinski definition) is 7. The Hall–Kier alpha value is -1.80. The van der Waals surface area contributed by atoms with Crippen molar-refractivity contribution in [2.45, 2.75) is 62.7 Å². The minimum Gasteiger partial charge on any atom is -0.373 e. The third-order valence-corrected chi connectivity index (χ3v) is 6.33. The van der Waals surface area contributed by atoms with Gasteiger partial charge < -0.3 is 15.0 Å². The lowest BCUT2D eigenvalue weighted by molar-refractivity contribution is -0.142. The molecule has 4 fully saturated rings. The highest BCUT2D eigenvalue weighted by atomic mass is 16.5. The fraction of sp³-hybridized carbons (Fsp3) is 0.765. The Balaban J connectivity index is 1.27. The molecule has 1 aromatic rings. The van der Waals surface area contributed by atoms with Crippen molar-refractivity contribution in [2.24, 2.45) is 17.6 Å². The summed E-state index contributed by atoms with van der Waals surface area (Å²) in [5.41, 5.74) is 5.85. The van der Waals surface area contributed by atoms with E-state index < -0.39 is 5.54 Å². The van der Waals surface area contributed by atoms with Gasteiger partial charge in [0, 0.05) is 13.0 Å². The number of carbonyl (C=O) groups is 2. The summed E-state index contributed by atoms with van der Waals surface area (Å²) < 4.78 is 11.0. The molecule has 5 rings (SSSR count). The molecule has 4 atom stereocenters. The van der Waals surface area contributed by atoms with Gasteiger partial charge in [0.05, 0.1) is 29.6 Å². The number of nitrogens with zero attached hydrogens (tertiary/aromatic N) is 3. The molecular formula is C17H22N4O4. The predicted octanol–water partition coefficient (Wildman–Crippen LogP) is 0.502. The zero-order valence-electron chi connectivity index (χ0n) is 14.0. The number of ether oxygens (including phenoxy) is 1. The van der Waals surface area contributed by atoms with Gasteiger partial charge in [0.2, 0.25) is 17.7 Å². The van der Waals surface area contributed by atoms with Gasteiger partial charge in [0.1, 0.15) is 0 Å². The van der Waals surface area contributed by atoms with E-state index in [1.807, 2.05) is 0 Å². The van der Waals surface area contributed by atoms with Crippen LogP contribution in [0.5, 0.6) is 0 Å². The molecule has 0 aromatic carbocycles. The third kappa shape index (κ3) is 2.20. The number of likely N-dealkylation sites (tertiary alicyclic amines) is 1. The van der Waals surface area contributed by atoms with Gasteiger partial charge in [-0.3, -0.25) is 14.5 Å². The first-order valence-corrected chi connectivity index (χ1v) is 9.19. The minimum absolute atomic E-state index is 0.0778. The first-order chi connectivity index (χ1) is 12.1. The van der Waals surface area contributed by atoms with Crippen molar-refractivity contribution < 1.29 is 18.8 Å². The fourth-order valence-corrected chi connectivity index (χ4v) is 4.99. The molecule has 2 bridgehead atoms. The van der Waals surface area contributed by atoms with Crippen LogP contribution in [0.4, 0.5) is 0 Å². The van der Waals surface area contributed by atoms with Crippen LogP contribution in [0.15, 0.2) is 4.52 Å². The number of fused-ring (bicyclic) bond motifs is 5. The van der Waals surface area contributed by atoms with E-state index >= 15 is 0 Å². The predicted molar refractivity (Wildman–Crippen MR) is 83.9 cm³/mol. The lowest BCUT2D eigenvalue weighted by Gasteiger charge is -2.18. The van der Waals surface area contributed by atoms with Crippen molar-refractivity contribution in [3.05, 3.63) is 11.7 Å². The smallest absolute Gasteiger partial charge is 0.235 e. The first-order valence-electron chi connectivity index (χ1n) is 9.19. The van der Waals surface area contributed by atoms with Crippen molar-refractivity contribution >= 4 is 11.8 Å². The van der Waals surface area contributed by atoms with Crippen LogP contribution in [0.1, 0.15) is 50.2 Å². The highest BCUT2D eigenvalue weighted by Crippen LogP contribution is 2.48. The molecule has 0 radical (unpaired) electrons. The van der Waals surface area contributed by atoms with Gasteiger partial charge in [0.25, 0.3) is 0 Å². The van der Waals surface area contributed by atoms with Crippen molar-refractivity contribution in [3.63, 3.8) is 0 Å². The summed E-state index contributed by atoms with van der Waals surface area (Å²) >= 11 is 0. The van der Waals surface area contributed by atoms with E-state index in [0.717, 1.165) is 38.5 Å². The minimum atomic E-state index is -0.491. The highest BCUT2D eigenvalue weighted by Gasteiger charge is 2.62. The molecule has 25 heavy (non-hydrogen) atoms. The maximum absolute atomic E-state index is 12.6. The van der Waals surface area contributed by atoms with E-state index in [1.54, 1.807) is 0 Å². The molecule has 4 heterocycles. The Morgan fingerprint density at radius 1 is 1.12 bits per heavy atom. The van der Waals surface area contributed by atoms with Gasteiger partial charge in [-0.05, 0) is 25.7 Å².